The van der Waals surface area contributed by atoms with Crippen molar-refractivity contribution in [2.45, 2.75) is 76.8 Å². The van der Waals surface area contributed by atoms with E-state index >= 15 is 0 Å². The van der Waals surface area contributed by atoms with E-state index in [9.17, 15) is 0 Å². The van der Waals surface area contributed by atoms with Gasteiger partial charge in [-0.2, -0.15) is 0 Å². The highest BCUT2D eigenvalue weighted by Gasteiger charge is 2.39. The monoisotopic (exact) mass is 478 g/mol. The van der Waals surface area contributed by atoms with Crippen molar-refractivity contribution < 1.29 is 4.74 Å². The fraction of sp³-hybridized carbons (Fsp3) is 0.950. The lowest BCUT2D eigenvalue weighted by atomic mass is 9.87. The minimum atomic E-state index is 0. The van der Waals surface area contributed by atoms with Crippen molar-refractivity contribution in [3.05, 3.63) is 0 Å². The van der Waals surface area contributed by atoms with Crippen LogP contribution in [0.1, 0.15) is 65.2 Å². The van der Waals surface area contributed by atoms with Gasteiger partial charge in [-0.15, -0.1) is 24.0 Å². The lowest BCUT2D eigenvalue weighted by Gasteiger charge is -2.43. The molecular weight excluding hydrogens is 439 g/mol. The van der Waals surface area contributed by atoms with Crippen LogP contribution in [0.3, 0.4) is 0 Å². The second-order valence-corrected chi connectivity index (χ2v) is 8.34. The molecule has 5 nitrogen and oxygen atoms in total. The second kappa shape index (κ2) is 11.1. The molecule has 6 heteroatoms. The minimum Gasteiger partial charge on any atom is -0.381 e. The van der Waals surface area contributed by atoms with Crippen LogP contribution in [0, 0.1) is 5.92 Å². The van der Waals surface area contributed by atoms with Crippen molar-refractivity contribution >= 4 is 29.9 Å². The maximum atomic E-state index is 5.67. The van der Waals surface area contributed by atoms with Gasteiger partial charge in [0.1, 0.15) is 0 Å². The number of nitrogens with one attached hydrogen (secondary N) is 2. The van der Waals surface area contributed by atoms with Crippen molar-refractivity contribution in [3.8, 4) is 0 Å². The van der Waals surface area contributed by atoms with Crippen LogP contribution in [0.5, 0.6) is 0 Å². The Morgan fingerprint density at radius 1 is 1.15 bits per heavy atom. The summed E-state index contributed by atoms with van der Waals surface area (Å²) >= 11 is 0. The van der Waals surface area contributed by atoms with E-state index in [0.29, 0.717) is 6.04 Å². The quantitative estimate of drug-likeness (QED) is 0.362. The maximum absolute atomic E-state index is 5.67. The number of nitrogens with zero attached hydrogens (tertiary/aromatic N) is 2. The summed E-state index contributed by atoms with van der Waals surface area (Å²) in [4.78, 5) is 7.77. The maximum Gasteiger partial charge on any atom is 0.191 e. The van der Waals surface area contributed by atoms with Crippen LogP contribution in [0.4, 0.5) is 0 Å². The number of guanidine groups is 1. The summed E-state index contributed by atoms with van der Waals surface area (Å²) in [6, 6.07) is 0.582. The van der Waals surface area contributed by atoms with Gasteiger partial charge in [-0.05, 0) is 64.5 Å². The first-order valence-corrected chi connectivity index (χ1v) is 10.6. The van der Waals surface area contributed by atoms with Crippen molar-refractivity contribution in [3.63, 3.8) is 0 Å². The molecule has 0 aromatic heterocycles. The molecule has 2 saturated heterocycles. The first-order chi connectivity index (χ1) is 12.2. The third-order valence-electron chi connectivity index (χ3n) is 6.35. The predicted molar refractivity (Wildman–Crippen MR) is 120 cm³/mol. The standard InChI is InChI=1S/C20H38N4O.HI/c1-3-21-19(23-18-8-6-7-17(2)15-18)22-16-20(9-13-25-14-10-20)24-11-4-5-12-24;/h17-18H,3-16H2,1-2H3,(H2,21,22,23);1H. The molecule has 3 rings (SSSR count). The first-order valence-electron chi connectivity index (χ1n) is 10.6. The van der Waals surface area contributed by atoms with E-state index in [1.54, 1.807) is 0 Å². The SMILES string of the molecule is CCNC(=NCC1(N2CCCC2)CCOCC1)NC1CCCC(C)C1.I. The summed E-state index contributed by atoms with van der Waals surface area (Å²) in [5.74, 6) is 1.85. The molecule has 0 spiro atoms. The number of rotatable bonds is 5. The molecule has 1 aliphatic carbocycles. The summed E-state index contributed by atoms with van der Waals surface area (Å²) in [7, 11) is 0. The lowest BCUT2D eigenvalue weighted by molar-refractivity contribution is -0.0139. The minimum absolute atomic E-state index is 0. The van der Waals surface area contributed by atoms with E-state index < -0.39 is 0 Å². The normalized spacial score (nSPS) is 29.8. The molecule has 3 fully saturated rings. The molecule has 2 N–H and O–H groups in total. The Balaban J connectivity index is 0.00000243. The van der Waals surface area contributed by atoms with Gasteiger partial charge in [-0.25, -0.2) is 0 Å². The fourth-order valence-electron chi connectivity index (χ4n) is 4.82. The molecule has 1 saturated carbocycles. The van der Waals surface area contributed by atoms with Gasteiger partial charge in [0.2, 0.25) is 0 Å². The summed E-state index contributed by atoms with van der Waals surface area (Å²) < 4.78 is 5.67. The summed E-state index contributed by atoms with van der Waals surface area (Å²) in [6.45, 7) is 10.6. The molecule has 0 aromatic carbocycles. The zero-order chi connectivity index (χ0) is 17.5. The lowest BCUT2D eigenvalue weighted by Crippen LogP contribution is -2.54. The zero-order valence-corrected chi connectivity index (χ0v) is 19.1. The molecule has 2 heterocycles. The molecular formula is C20H39IN4O. The Kier molecular flexibility index (Phi) is 9.44. The molecule has 152 valence electrons. The molecule has 0 radical (unpaired) electrons. The molecule has 0 bridgehead atoms. The van der Waals surface area contributed by atoms with Gasteiger partial charge in [-0.3, -0.25) is 9.89 Å². The molecule has 2 aliphatic heterocycles. The zero-order valence-electron chi connectivity index (χ0n) is 16.8. The van der Waals surface area contributed by atoms with Crippen LogP contribution < -0.4 is 10.6 Å². The van der Waals surface area contributed by atoms with Gasteiger partial charge in [0.05, 0.1) is 6.54 Å². The van der Waals surface area contributed by atoms with Crippen molar-refractivity contribution in [1.29, 1.82) is 0 Å². The highest BCUT2D eigenvalue weighted by Crippen LogP contribution is 2.31. The Morgan fingerprint density at radius 2 is 1.88 bits per heavy atom. The Morgan fingerprint density at radius 3 is 2.54 bits per heavy atom. The Bertz CT molecular complexity index is 434. The summed E-state index contributed by atoms with van der Waals surface area (Å²) in [6.07, 6.45) is 10.2. The van der Waals surface area contributed by atoms with Gasteiger partial charge in [0, 0.05) is 31.3 Å². The van der Waals surface area contributed by atoms with Crippen LogP contribution in [-0.2, 0) is 4.74 Å². The first kappa shape index (κ1) is 22.2. The smallest absolute Gasteiger partial charge is 0.191 e. The van der Waals surface area contributed by atoms with Crippen LogP contribution in [0.15, 0.2) is 4.99 Å². The van der Waals surface area contributed by atoms with Gasteiger partial charge in [0.15, 0.2) is 5.96 Å². The van der Waals surface area contributed by atoms with Crippen LogP contribution in [0.2, 0.25) is 0 Å². The topological polar surface area (TPSA) is 48.9 Å². The number of likely N-dealkylation sites (tertiary alicyclic amines) is 1. The summed E-state index contributed by atoms with van der Waals surface area (Å²) in [5, 5.41) is 7.21. The van der Waals surface area contributed by atoms with E-state index in [1.807, 2.05) is 0 Å². The number of halogens is 1. The highest BCUT2D eigenvalue weighted by molar-refractivity contribution is 14.0. The molecule has 2 atom stereocenters. The third kappa shape index (κ3) is 5.96. The number of aliphatic imine (C=N–C) groups is 1. The van der Waals surface area contributed by atoms with Crippen molar-refractivity contribution in [1.82, 2.24) is 15.5 Å². The van der Waals surface area contributed by atoms with Gasteiger partial charge < -0.3 is 15.4 Å². The van der Waals surface area contributed by atoms with E-state index in [0.717, 1.165) is 51.0 Å². The molecule has 26 heavy (non-hydrogen) atoms. The average molecular weight is 478 g/mol. The average Bonchev–Trinajstić information content (AvgIpc) is 3.16. The van der Waals surface area contributed by atoms with E-state index in [1.165, 1.54) is 51.6 Å². The largest absolute Gasteiger partial charge is 0.381 e. The van der Waals surface area contributed by atoms with Crippen molar-refractivity contribution in [2.24, 2.45) is 10.9 Å². The third-order valence-corrected chi connectivity index (χ3v) is 6.35. The molecule has 0 aromatic rings. The molecule has 2 unspecified atom stereocenters. The molecule has 3 aliphatic rings. The van der Waals surface area contributed by atoms with Crippen LogP contribution in [-0.4, -0.2) is 61.8 Å². The summed E-state index contributed by atoms with van der Waals surface area (Å²) in [5.41, 5.74) is 0.219. The Hall–Kier alpha value is -0.0800. The van der Waals surface area contributed by atoms with E-state index in [2.05, 4.69) is 29.4 Å². The van der Waals surface area contributed by atoms with Crippen LogP contribution in [0.25, 0.3) is 0 Å². The van der Waals surface area contributed by atoms with Gasteiger partial charge >= 0.3 is 0 Å². The number of hydrogen-bond acceptors (Lipinski definition) is 3. The highest BCUT2D eigenvalue weighted by atomic mass is 127. The van der Waals surface area contributed by atoms with Crippen molar-refractivity contribution in [2.75, 3.05) is 39.4 Å². The van der Waals surface area contributed by atoms with Gasteiger partial charge in [0.25, 0.3) is 0 Å². The van der Waals surface area contributed by atoms with E-state index in [-0.39, 0.29) is 29.5 Å². The van der Waals surface area contributed by atoms with Gasteiger partial charge in [-0.1, -0.05) is 19.8 Å². The Labute approximate surface area is 177 Å². The molecule has 0 amide bonds. The van der Waals surface area contributed by atoms with Crippen LogP contribution >= 0.6 is 24.0 Å². The number of ether oxygens (including phenoxy) is 1. The second-order valence-electron chi connectivity index (χ2n) is 8.34. The number of hydrogen-bond donors (Lipinski definition) is 2. The predicted octanol–water partition coefficient (Wildman–Crippen LogP) is 3.38. The van der Waals surface area contributed by atoms with E-state index in [4.69, 9.17) is 9.73 Å². The fourth-order valence-corrected chi connectivity index (χ4v) is 4.82.